The lowest BCUT2D eigenvalue weighted by atomic mass is 10.3. The Morgan fingerprint density at radius 1 is 1.44 bits per heavy atom. The van der Waals surface area contributed by atoms with Crippen LogP contribution in [0.4, 0.5) is 0 Å². The number of rotatable bonds is 2. The number of carbonyl (C=O) groups excluding carboxylic acids is 1. The molecule has 1 radical (unpaired) electrons. The number of carbonyl (C=O) groups is 1. The number of likely N-dealkylation sites (N-methyl/N-ethyl adjacent to an activating group) is 1. The van der Waals surface area contributed by atoms with E-state index in [2.05, 4.69) is 23.1 Å². The second-order valence-corrected chi connectivity index (χ2v) is 4.22. The van der Waals surface area contributed by atoms with E-state index in [-0.39, 0.29) is 5.91 Å². The highest BCUT2D eigenvalue weighted by atomic mass is 16.2. The molecule has 1 aliphatic heterocycles. The zero-order chi connectivity index (χ0) is 11.5. The number of aromatic nitrogens is 2. The Kier molecular flexibility index (Phi) is 3.24. The van der Waals surface area contributed by atoms with E-state index >= 15 is 0 Å². The molecule has 5 nitrogen and oxygen atoms in total. The van der Waals surface area contributed by atoms with Crippen molar-refractivity contribution in [2.24, 2.45) is 0 Å². The van der Waals surface area contributed by atoms with E-state index in [1.807, 2.05) is 11.8 Å². The predicted molar refractivity (Wildman–Crippen MR) is 59.9 cm³/mol. The Morgan fingerprint density at radius 3 is 2.69 bits per heavy atom. The van der Waals surface area contributed by atoms with Gasteiger partial charge in [-0.05, 0) is 14.0 Å². The fourth-order valence-corrected chi connectivity index (χ4v) is 1.80. The average Bonchev–Trinajstić information content (AvgIpc) is 2.65. The van der Waals surface area contributed by atoms with Crippen molar-refractivity contribution in [3.05, 3.63) is 18.0 Å². The summed E-state index contributed by atoms with van der Waals surface area (Å²) in [5.41, 5.74) is 0.905. The summed E-state index contributed by atoms with van der Waals surface area (Å²) in [4.78, 5) is 16.1. The van der Waals surface area contributed by atoms with Gasteiger partial charge >= 0.3 is 0 Å². The zero-order valence-electron chi connectivity index (χ0n) is 9.81. The van der Waals surface area contributed by atoms with Gasteiger partial charge in [-0.1, -0.05) is 0 Å². The second-order valence-electron chi connectivity index (χ2n) is 4.22. The first-order valence-corrected chi connectivity index (χ1v) is 5.53. The summed E-state index contributed by atoms with van der Waals surface area (Å²) in [6.45, 7) is 5.79. The van der Waals surface area contributed by atoms with Crippen molar-refractivity contribution >= 4 is 5.91 Å². The van der Waals surface area contributed by atoms with Crippen LogP contribution in [0.2, 0.25) is 0 Å². The molecular formula is C11H17N4O. The SMILES string of the molecule is Cc1[c]cnn1CC(=O)N1CCN(C)CC1. The van der Waals surface area contributed by atoms with Gasteiger partial charge in [0, 0.05) is 37.9 Å². The topological polar surface area (TPSA) is 41.4 Å². The Balaban J connectivity index is 1.91. The molecule has 16 heavy (non-hydrogen) atoms. The van der Waals surface area contributed by atoms with Gasteiger partial charge in [-0.15, -0.1) is 0 Å². The van der Waals surface area contributed by atoms with Gasteiger partial charge in [-0.3, -0.25) is 9.48 Å². The molecule has 0 unspecified atom stereocenters. The molecular weight excluding hydrogens is 204 g/mol. The first-order chi connectivity index (χ1) is 7.66. The number of hydrogen-bond acceptors (Lipinski definition) is 3. The summed E-state index contributed by atoms with van der Waals surface area (Å²) in [5.74, 6) is 0.147. The van der Waals surface area contributed by atoms with Crippen molar-refractivity contribution in [2.45, 2.75) is 13.5 Å². The zero-order valence-corrected chi connectivity index (χ0v) is 9.81. The lowest BCUT2D eigenvalue weighted by Crippen LogP contribution is -2.48. The molecule has 1 amide bonds. The summed E-state index contributed by atoms with van der Waals surface area (Å²) in [6, 6.07) is 2.96. The van der Waals surface area contributed by atoms with Crippen LogP contribution in [0.15, 0.2) is 6.20 Å². The molecule has 0 saturated carbocycles. The van der Waals surface area contributed by atoms with E-state index < -0.39 is 0 Å². The summed E-state index contributed by atoms with van der Waals surface area (Å²) in [6.07, 6.45) is 1.60. The molecule has 1 aromatic rings. The molecule has 0 atom stereocenters. The minimum atomic E-state index is 0.147. The third-order valence-electron chi connectivity index (χ3n) is 3.00. The number of amides is 1. The van der Waals surface area contributed by atoms with Gasteiger partial charge in [0.2, 0.25) is 5.91 Å². The van der Waals surface area contributed by atoms with Crippen LogP contribution in [0.25, 0.3) is 0 Å². The molecule has 2 rings (SSSR count). The predicted octanol–water partition coefficient (Wildman–Crippen LogP) is -0.234. The maximum Gasteiger partial charge on any atom is 0.244 e. The van der Waals surface area contributed by atoms with Crippen LogP contribution < -0.4 is 0 Å². The second kappa shape index (κ2) is 4.65. The quantitative estimate of drug-likeness (QED) is 0.692. The minimum Gasteiger partial charge on any atom is -0.339 e. The smallest absolute Gasteiger partial charge is 0.244 e. The average molecular weight is 221 g/mol. The number of aryl methyl sites for hydroxylation is 1. The van der Waals surface area contributed by atoms with Crippen molar-refractivity contribution in [2.75, 3.05) is 33.2 Å². The van der Waals surface area contributed by atoms with Crippen molar-refractivity contribution in [1.82, 2.24) is 19.6 Å². The van der Waals surface area contributed by atoms with Gasteiger partial charge in [-0.25, -0.2) is 0 Å². The van der Waals surface area contributed by atoms with E-state index in [4.69, 9.17) is 0 Å². The van der Waals surface area contributed by atoms with Crippen LogP contribution in [-0.2, 0) is 11.3 Å². The Bertz CT molecular complexity index is 366. The molecule has 1 saturated heterocycles. The molecule has 0 N–H and O–H groups in total. The molecule has 0 aromatic carbocycles. The Morgan fingerprint density at radius 2 is 2.12 bits per heavy atom. The van der Waals surface area contributed by atoms with Gasteiger partial charge < -0.3 is 9.80 Å². The van der Waals surface area contributed by atoms with Crippen molar-refractivity contribution < 1.29 is 4.79 Å². The van der Waals surface area contributed by atoms with Crippen LogP contribution >= 0.6 is 0 Å². The van der Waals surface area contributed by atoms with Gasteiger partial charge in [0.15, 0.2) is 0 Å². The van der Waals surface area contributed by atoms with Crippen molar-refractivity contribution in [3.8, 4) is 0 Å². The number of hydrogen-bond donors (Lipinski definition) is 0. The van der Waals surface area contributed by atoms with Crippen LogP contribution in [0.1, 0.15) is 5.69 Å². The molecule has 0 spiro atoms. The van der Waals surface area contributed by atoms with E-state index in [0.717, 1.165) is 31.9 Å². The van der Waals surface area contributed by atoms with Gasteiger partial charge in [0.1, 0.15) is 6.54 Å². The fourth-order valence-electron chi connectivity index (χ4n) is 1.80. The standard InChI is InChI=1S/C11H17N4O/c1-10-3-4-12-15(10)9-11(16)14-7-5-13(2)6-8-14/h4H,5-9H2,1-2H3. The molecule has 5 heteroatoms. The van der Waals surface area contributed by atoms with Crippen LogP contribution in [-0.4, -0.2) is 58.7 Å². The van der Waals surface area contributed by atoms with Crippen LogP contribution in [0.3, 0.4) is 0 Å². The molecule has 0 aliphatic carbocycles. The highest BCUT2D eigenvalue weighted by molar-refractivity contribution is 5.76. The summed E-state index contributed by atoms with van der Waals surface area (Å²) in [7, 11) is 2.08. The number of nitrogens with zero attached hydrogens (tertiary/aromatic N) is 4. The third kappa shape index (κ3) is 2.41. The van der Waals surface area contributed by atoms with E-state index in [1.54, 1.807) is 10.9 Å². The van der Waals surface area contributed by atoms with Crippen LogP contribution in [0.5, 0.6) is 0 Å². The summed E-state index contributed by atoms with van der Waals surface area (Å²) < 4.78 is 1.70. The van der Waals surface area contributed by atoms with Crippen molar-refractivity contribution in [3.63, 3.8) is 0 Å². The first-order valence-electron chi connectivity index (χ1n) is 5.53. The molecule has 1 aromatic heterocycles. The number of piperazine rings is 1. The highest BCUT2D eigenvalue weighted by Gasteiger charge is 2.19. The van der Waals surface area contributed by atoms with Crippen LogP contribution in [0, 0.1) is 13.0 Å². The Hall–Kier alpha value is -1.36. The maximum atomic E-state index is 12.0. The van der Waals surface area contributed by atoms with Gasteiger partial charge in [0.25, 0.3) is 0 Å². The molecule has 1 aliphatic rings. The molecule has 1 fully saturated rings. The minimum absolute atomic E-state index is 0.147. The molecule has 2 heterocycles. The first kappa shape index (κ1) is 11.1. The fraction of sp³-hybridized carbons (Fsp3) is 0.636. The monoisotopic (exact) mass is 221 g/mol. The van der Waals surface area contributed by atoms with Gasteiger partial charge in [-0.2, -0.15) is 5.10 Å². The van der Waals surface area contributed by atoms with Crippen molar-refractivity contribution in [1.29, 1.82) is 0 Å². The lowest BCUT2D eigenvalue weighted by molar-refractivity contribution is -0.133. The largest absolute Gasteiger partial charge is 0.339 e. The molecule has 87 valence electrons. The summed E-state index contributed by atoms with van der Waals surface area (Å²) in [5, 5.41) is 4.07. The normalized spacial score (nSPS) is 17.8. The summed E-state index contributed by atoms with van der Waals surface area (Å²) >= 11 is 0. The molecule has 0 bridgehead atoms. The third-order valence-corrected chi connectivity index (χ3v) is 3.00. The van der Waals surface area contributed by atoms with E-state index in [0.29, 0.717) is 6.54 Å². The lowest BCUT2D eigenvalue weighted by Gasteiger charge is -2.32. The van der Waals surface area contributed by atoms with E-state index in [9.17, 15) is 4.79 Å². The Labute approximate surface area is 95.6 Å². The van der Waals surface area contributed by atoms with E-state index in [1.165, 1.54) is 0 Å². The maximum absolute atomic E-state index is 12.0. The van der Waals surface area contributed by atoms with Gasteiger partial charge in [0.05, 0.1) is 6.20 Å². The highest BCUT2D eigenvalue weighted by Crippen LogP contribution is 2.02.